The maximum atomic E-state index is 12.1. The lowest BCUT2D eigenvalue weighted by atomic mass is 10.2. The number of pyridine rings is 1. The van der Waals surface area contributed by atoms with E-state index in [0.29, 0.717) is 17.1 Å². The predicted octanol–water partition coefficient (Wildman–Crippen LogP) is 2.10. The summed E-state index contributed by atoms with van der Waals surface area (Å²) in [5.74, 6) is 0.881. The number of nitrogen functional groups attached to an aromatic ring is 1. The van der Waals surface area contributed by atoms with Gasteiger partial charge < -0.3 is 5.73 Å². The number of hydrogen-bond acceptors (Lipinski definition) is 6. The molecule has 0 saturated carbocycles. The molecule has 7 heteroatoms. The molecule has 0 saturated heterocycles. The number of hydrogen-bond donors (Lipinski definition) is 1. The zero-order valence-corrected chi connectivity index (χ0v) is 12.7. The van der Waals surface area contributed by atoms with Crippen LogP contribution in [0.2, 0.25) is 0 Å². The summed E-state index contributed by atoms with van der Waals surface area (Å²) in [6.07, 6.45) is 1.62. The second kappa shape index (κ2) is 6.61. The highest BCUT2D eigenvalue weighted by atomic mass is 32.2. The van der Waals surface area contributed by atoms with Crippen molar-refractivity contribution in [1.82, 2.24) is 4.98 Å². The molecule has 0 radical (unpaired) electrons. The van der Waals surface area contributed by atoms with E-state index in [2.05, 4.69) is 4.98 Å². The van der Waals surface area contributed by atoms with Crippen LogP contribution in [0.25, 0.3) is 0 Å². The predicted molar refractivity (Wildman–Crippen MR) is 82.6 cm³/mol. The van der Waals surface area contributed by atoms with Gasteiger partial charge in [0.05, 0.1) is 22.3 Å². The van der Waals surface area contributed by atoms with Gasteiger partial charge in [-0.15, -0.1) is 11.8 Å². The van der Waals surface area contributed by atoms with E-state index in [4.69, 9.17) is 11.0 Å². The topological polar surface area (TPSA) is 96.8 Å². The second-order valence-corrected chi connectivity index (χ2v) is 7.50. The Morgan fingerprint density at radius 1 is 1.19 bits per heavy atom. The van der Waals surface area contributed by atoms with Crippen LogP contribution in [0.5, 0.6) is 0 Å². The van der Waals surface area contributed by atoms with Crippen LogP contribution in [0, 0.1) is 11.3 Å². The van der Waals surface area contributed by atoms with E-state index < -0.39 is 9.84 Å². The van der Waals surface area contributed by atoms with E-state index in [-0.39, 0.29) is 10.6 Å². The molecule has 1 aromatic heterocycles. The minimum atomic E-state index is -3.34. The Morgan fingerprint density at radius 3 is 2.48 bits per heavy atom. The third-order valence-corrected chi connectivity index (χ3v) is 5.70. The van der Waals surface area contributed by atoms with Gasteiger partial charge in [0.2, 0.25) is 0 Å². The van der Waals surface area contributed by atoms with Gasteiger partial charge in [0.1, 0.15) is 5.82 Å². The number of nitrogens with zero attached hydrogens (tertiary/aromatic N) is 2. The Kier molecular flexibility index (Phi) is 4.83. The van der Waals surface area contributed by atoms with Crippen molar-refractivity contribution in [2.24, 2.45) is 0 Å². The highest BCUT2D eigenvalue weighted by molar-refractivity contribution is 8.00. The second-order valence-electron chi connectivity index (χ2n) is 4.22. The smallest absolute Gasteiger partial charge is 0.179 e. The van der Waals surface area contributed by atoms with E-state index in [0.717, 1.165) is 4.90 Å². The summed E-state index contributed by atoms with van der Waals surface area (Å²) in [5.41, 5.74) is 5.93. The third-order valence-electron chi connectivity index (χ3n) is 2.72. The van der Waals surface area contributed by atoms with Crippen LogP contribution >= 0.6 is 11.8 Å². The molecule has 0 spiro atoms. The van der Waals surface area contributed by atoms with Gasteiger partial charge in [0, 0.05) is 16.8 Å². The van der Waals surface area contributed by atoms with Gasteiger partial charge in [0.15, 0.2) is 9.84 Å². The molecule has 0 unspecified atom stereocenters. The van der Waals surface area contributed by atoms with Gasteiger partial charge >= 0.3 is 0 Å². The molecule has 0 aliphatic heterocycles. The fourth-order valence-electron chi connectivity index (χ4n) is 1.60. The highest BCUT2D eigenvalue weighted by Gasteiger charge is 2.14. The standard InChI is InChI=1S/C14H13N3O2S2/c15-9-11-1-4-13(5-2-11)21(18,19)8-7-20-12-3-6-14(16)17-10-12/h1-6,10H,7-8H2,(H2,16,17). The Bertz CT molecular complexity index is 748. The van der Waals surface area contributed by atoms with Crippen molar-refractivity contribution >= 4 is 27.4 Å². The van der Waals surface area contributed by atoms with E-state index >= 15 is 0 Å². The molecule has 0 fully saturated rings. The van der Waals surface area contributed by atoms with E-state index in [1.807, 2.05) is 6.07 Å². The van der Waals surface area contributed by atoms with Crippen molar-refractivity contribution in [3.05, 3.63) is 48.2 Å². The molecule has 1 aromatic carbocycles. The average Bonchev–Trinajstić information content (AvgIpc) is 2.49. The normalized spacial score (nSPS) is 11.0. The van der Waals surface area contributed by atoms with E-state index in [1.54, 1.807) is 18.3 Å². The highest BCUT2D eigenvalue weighted by Crippen LogP contribution is 2.20. The molecular weight excluding hydrogens is 306 g/mol. The van der Waals surface area contributed by atoms with Crippen molar-refractivity contribution in [2.75, 3.05) is 17.2 Å². The molecule has 0 aliphatic rings. The summed E-state index contributed by atoms with van der Waals surface area (Å²) < 4.78 is 24.3. The van der Waals surface area contributed by atoms with Gasteiger partial charge in [-0.1, -0.05) is 0 Å². The van der Waals surface area contributed by atoms with Crippen LogP contribution in [0.1, 0.15) is 5.56 Å². The molecule has 0 aliphatic carbocycles. The minimum absolute atomic E-state index is 0.0218. The fourth-order valence-corrected chi connectivity index (χ4v) is 4.13. The first-order chi connectivity index (χ1) is 10.0. The Morgan fingerprint density at radius 2 is 1.90 bits per heavy atom. The SMILES string of the molecule is N#Cc1ccc(S(=O)(=O)CCSc2ccc(N)nc2)cc1. The van der Waals surface area contributed by atoms with Gasteiger partial charge in [0.25, 0.3) is 0 Å². The summed E-state index contributed by atoms with van der Waals surface area (Å²) in [6, 6.07) is 11.4. The largest absolute Gasteiger partial charge is 0.384 e. The number of aromatic nitrogens is 1. The number of anilines is 1. The molecule has 0 amide bonds. The summed E-state index contributed by atoms with van der Waals surface area (Å²) in [5, 5.41) is 8.70. The van der Waals surface area contributed by atoms with Crippen LogP contribution in [-0.2, 0) is 9.84 Å². The lowest BCUT2D eigenvalue weighted by molar-refractivity contribution is 0.597. The average molecular weight is 319 g/mol. The van der Waals surface area contributed by atoms with Crippen molar-refractivity contribution in [2.45, 2.75) is 9.79 Å². The lowest BCUT2D eigenvalue weighted by Gasteiger charge is -2.05. The zero-order valence-electron chi connectivity index (χ0n) is 11.1. The van der Waals surface area contributed by atoms with Crippen molar-refractivity contribution in [3.63, 3.8) is 0 Å². The Labute approximate surface area is 127 Å². The quantitative estimate of drug-likeness (QED) is 0.848. The molecule has 2 rings (SSSR count). The lowest BCUT2D eigenvalue weighted by Crippen LogP contribution is -2.08. The maximum absolute atomic E-state index is 12.1. The van der Waals surface area contributed by atoms with Gasteiger partial charge in [-0.25, -0.2) is 13.4 Å². The molecule has 2 N–H and O–H groups in total. The van der Waals surface area contributed by atoms with Gasteiger partial charge in [-0.2, -0.15) is 5.26 Å². The van der Waals surface area contributed by atoms with Gasteiger partial charge in [-0.3, -0.25) is 0 Å². The molecule has 2 aromatic rings. The molecule has 21 heavy (non-hydrogen) atoms. The molecule has 1 heterocycles. The van der Waals surface area contributed by atoms with Gasteiger partial charge in [-0.05, 0) is 36.4 Å². The first-order valence-corrected chi connectivity index (χ1v) is 8.72. The number of thioether (sulfide) groups is 1. The monoisotopic (exact) mass is 319 g/mol. The molecule has 0 atom stereocenters. The maximum Gasteiger partial charge on any atom is 0.179 e. The Balaban J connectivity index is 1.97. The summed E-state index contributed by atoms with van der Waals surface area (Å²) in [7, 11) is -3.34. The first kappa shape index (κ1) is 15.4. The Hall–Kier alpha value is -2.04. The van der Waals surface area contributed by atoms with Crippen LogP contribution in [0.15, 0.2) is 52.4 Å². The number of sulfone groups is 1. The van der Waals surface area contributed by atoms with Crippen LogP contribution in [0.4, 0.5) is 5.82 Å². The molecule has 5 nitrogen and oxygen atoms in total. The number of benzene rings is 1. The molecule has 0 bridgehead atoms. The third kappa shape index (κ3) is 4.21. The van der Waals surface area contributed by atoms with Crippen molar-refractivity contribution < 1.29 is 8.42 Å². The summed E-state index contributed by atoms with van der Waals surface area (Å²) >= 11 is 1.41. The summed E-state index contributed by atoms with van der Waals surface area (Å²) in [4.78, 5) is 5.06. The number of nitriles is 1. The van der Waals surface area contributed by atoms with Crippen molar-refractivity contribution in [1.29, 1.82) is 5.26 Å². The summed E-state index contributed by atoms with van der Waals surface area (Å²) in [6.45, 7) is 0. The zero-order chi connectivity index (χ0) is 15.3. The van der Waals surface area contributed by atoms with Crippen LogP contribution in [-0.4, -0.2) is 24.9 Å². The minimum Gasteiger partial charge on any atom is -0.384 e. The fraction of sp³-hybridized carbons (Fsp3) is 0.143. The number of nitrogens with two attached hydrogens (primary N) is 1. The molecular formula is C14H13N3O2S2. The number of rotatable bonds is 5. The van der Waals surface area contributed by atoms with Crippen LogP contribution < -0.4 is 5.73 Å². The first-order valence-electron chi connectivity index (χ1n) is 6.08. The van der Waals surface area contributed by atoms with Crippen LogP contribution in [0.3, 0.4) is 0 Å². The van der Waals surface area contributed by atoms with Crippen molar-refractivity contribution in [3.8, 4) is 6.07 Å². The molecule has 108 valence electrons. The van der Waals surface area contributed by atoms with E-state index in [1.165, 1.54) is 36.0 Å². The van der Waals surface area contributed by atoms with E-state index in [9.17, 15) is 8.42 Å².